The Kier molecular flexibility index (Phi) is 3.71. The van der Waals surface area contributed by atoms with E-state index in [2.05, 4.69) is 15.1 Å². The number of H-pyrrole nitrogens is 1. The largest absolute Gasteiger partial charge is 0.416 e. The average molecular weight is 295 g/mol. The molecule has 112 valence electrons. The van der Waals surface area contributed by atoms with Crippen molar-refractivity contribution in [3.05, 3.63) is 52.8 Å². The highest BCUT2D eigenvalue weighted by Crippen LogP contribution is 2.29. The minimum Gasteiger partial charge on any atom is -0.298 e. The van der Waals surface area contributed by atoms with Gasteiger partial charge in [-0.2, -0.15) is 18.3 Å². The predicted molar refractivity (Wildman–Crippen MR) is 72.7 cm³/mol. The molecular formula is C15H16F3N3. The van der Waals surface area contributed by atoms with Crippen molar-refractivity contribution in [2.75, 3.05) is 13.1 Å². The molecule has 3 rings (SSSR count). The number of alkyl halides is 3. The van der Waals surface area contributed by atoms with E-state index in [-0.39, 0.29) is 0 Å². The van der Waals surface area contributed by atoms with Crippen molar-refractivity contribution in [1.29, 1.82) is 0 Å². The van der Waals surface area contributed by atoms with E-state index in [4.69, 9.17) is 0 Å². The molecule has 0 radical (unpaired) electrons. The smallest absolute Gasteiger partial charge is 0.298 e. The van der Waals surface area contributed by atoms with E-state index in [0.717, 1.165) is 37.7 Å². The maximum Gasteiger partial charge on any atom is 0.416 e. The quantitative estimate of drug-likeness (QED) is 0.944. The lowest BCUT2D eigenvalue weighted by Crippen LogP contribution is -2.31. The molecule has 0 bridgehead atoms. The maximum atomic E-state index is 12.7. The number of hydrogen-bond donors (Lipinski definition) is 1. The lowest BCUT2D eigenvalue weighted by atomic mass is 10.1. The molecule has 0 unspecified atom stereocenters. The van der Waals surface area contributed by atoms with Crippen LogP contribution in [0.5, 0.6) is 0 Å². The van der Waals surface area contributed by atoms with Gasteiger partial charge >= 0.3 is 6.18 Å². The van der Waals surface area contributed by atoms with Crippen LogP contribution in [-0.4, -0.2) is 28.2 Å². The number of nitrogens with one attached hydrogen (secondary N) is 1. The third kappa shape index (κ3) is 3.26. The fourth-order valence-corrected chi connectivity index (χ4v) is 2.66. The molecule has 0 saturated carbocycles. The van der Waals surface area contributed by atoms with Gasteiger partial charge in [-0.3, -0.25) is 10.00 Å². The number of fused-ring (bicyclic) bond motifs is 1. The van der Waals surface area contributed by atoms with Crippen LogP contribution < -0.4 is 0 Å². The normalized spacial score (nSPS) is 16.0. The average Bonchev–Trinajstić information content (AvgIpc) is 2.92. The third-order valence-electron chi connectivity index (χ3n) is 3.85. The number of benzene rings is 1. The van der Waals surface area contributed by atoms with E-state index in [1.165, 1.54) is 23.4 Å². The standard InChI is InChI=1S/C15H16F3N3/c16-15(17,18)13-3-1-2-11(8-13)4-6-21-7-5-14-12(10-21)9-19-20-14/h1-3,8-9H,4-7,10H2,(H,19,20). The second kappa shape index (κ2) is 5.52. The molecule has 2 heterocycles. The molecule has 0 spiro atoms. The zero-order valence-electron chi connectivity index (χ0n) is 11.5. The van der Waals surface area contributed by atoms with Crippen LogP contribution in [0, 0.1) is 0 Å². The van der Waals surface area contributed by atoms with Gasteiger partial charge in [-0.1, -0.05) is 18.2 Å². The summed E-state index contributed by atoms with van der Waals surface area (Å²) in [4.78, 5) is 2.25. The molecule has 1 aliphatic heterocycles. The Balaban J connectivity index is 1.61. The van der Waals surface area contributed by atoms with Crippen LogP contribution in [0.15, 0.2) is 30.5 Å². The summed E-state index contributed by atoms with van der Waals surface area (Å²) < 4.78 is 38.0. The summed E-state index contributed by atoms with van der Waals surface area (Å²) in [5.41, 5.74) is 2.51. The van der Waals surface area contributed by atoms with Crippen molar-refractivity contribution < 1.29 is 13.2 Å². The molecule has 0 aliphatic carbocycles. The molecule has 3 nitrogen and oxygen atoms in total. The van der Waals surface area contributed by atoms with Gasteiger partial charge in [0.05, 0.1) is 11.8 Å². The number of rotatable bonds is 3. The highest BCUT2D eigenvalue weighted by molar-refractivity contribution is 5.26. The van der Waals surface area contributed by atoms with Gasteiger partial charge in [-0.05, 0) is 18.1 Å². The fourth-order valence-electron chi connectivity index (χ4n) is 2.66. The van der Waals surface area contributed by atoms with Gasteiger partial charge in [-0.25, -0.2) is 0 Å². The zero-order valence-corrected chi connectivity index (χ0v) is 11.5. The van der Waals surface area contributed by atoms with E-state index >= 15 is 0 Å². The predicted octanol–water partition coefficient (Wildman–Crippen LogP) is 3.03. The van der Waals surface area contributed by atoms with Crippen molar-refractivity contribution in [2.24, 2.45) is 0 Å². The molecule has 0 saturated heterocycles. The highest BCUT2D eigenvalue weighted by Gasteiger charge is 2.30. The van der Waals surface area contributed by atoms with Crippen molar-refractivity contribution in [3.63, 3.8) is 0 Å². The number of aromatic nitrogens is 2. The number of halogens is 3. The first kappa shape index (κ1) is 14.1. The van der Waals surface area contributed by atoms with E-state index < -0.39 is 11.7 Å². The number of hydrogen-bond acceptors (Lipinski definition) is 2. The highest BCUT2D eigenvalue weighted by atomic mass is 19.4. The Labute approximate surface area is 120 Å². The third-order valence-corrected chi connectivity index (χ3v) is 3.85. The summed E-state index contributed by atoms with van der Waals surface area (Å²) in [6, 6.07) is 5.58. The summed E-state index contributed by atoms with van der Waals surface area (Å²) in [5.74, 6) is 0. The molecule has 0 amide bonds. The molecule has 1 aromatic carbocycles. The molecular weight excluding hydrogens is 279 g/mol. The maximum absolute atomic E-state index is 12.7. The van der Waals surface area contributed by atoms with Crippen molar-refractivity contribution >= 4 is 0 Å². The minimum atomic E-state index is -4.27. The minimum absolute atomic E-state index is 0.573. The Hall–Kier alpha value is -1.82. The van der Waals surface area contributed by atoms with E-state index in [1.807, 2.05) is 6.20 Å². The topological polar surface area (TPSA) is 31.9 Å². The van der Waals surface area contributed by atoms with Crippen molar-refractivity contribution in [3.8, 4) is 0 Å². The monoisotopic (exact) mass is 295 g/mol. The summed E-state index contributed by atoms with van der Waals surface area (Å²) >= 11 is 0. The molecule has 6 heteroatoms. The van der Waals surface area contributed by atoms with Crippen LogP contribution in [0.25, 0.3) is 0 Å². The van der Waals surface area contributed by atoms with Crippen LogP contribution >= 0.6 is 0 Å². The van der Waals surface area contributed by atoms with Gasteiger partial charge in [-0.15, -0.1) is 0 Å². The second-order valence-electron chi connectivity index (χ2n) is 5.35. The van der Waals surface area contributed by atoms with E-state index in [0.29, 0.717) is 6.42 Å². The van der Waals surface area contributed by atoms with Crippen molar-refractivity contribution in [1.82, 2.24) is 15.1 Å². The summed E-state index contributed by atoms with van der Waals surface area (Å²) in [6.07, 6.45) is -0.909. The van der Waals surface area contributed by atoms with Crippen LogP contribution in [0.1, 0.15) is 22.4 Å². The molecule has 1 aromatic heterocycles. The summed E-state index contributed by atoms with van der Waals surface area (Å²) in [5, 5.41) is 6.99. The van der Waals surface area contributed by atoms with E-state index in [1.54, 1.807) is 6.07 Å². The van der Waals surface area contributed by atoms with Gasteiger partial charge in [0.1, 0.15) is 0 Å². The molecule has 1 aliphatic rings. The SMILES string of the molecule is FC(F)(F)c1cccc(CCN2CCc3[nH]ncc3C2)c1. The van der Waals surface area contributed by atoms with Crippen LogP contribution in [0.2, 0.25) is 0 Å². The van der Waals surface area contributed by atoms with Gasteiger partial charge in [0.15, 0.2) is 0 Å². The van der Waals surface area contributed by atoms with E-state index in [9.17, 15) is 13.2 Å². The first-order valence-electron chi connectivity index (χ1n) is 6.92. The van der Waals surface area contributed by atoms with Crippen molar-refractivity contribution in [2.45, 2.75) is 25.6 Å². The van der Waals surface area contributed by atoms with Gasteiger partial charge in [0.25, 0.3) is 0 Å². The van der Waals surface area contributed by atoms with Gasteiger partial charge < -0.3 is 0 Å². The lowest BCUT2D eigenvalue weighted by Gasteiger charge is -2.26. The second-order valence-corrected chi connectivity index (χ2v) is 5.35. The fraction of sp³-hybridized carbons (Fsp3) is 0.400. The molecule has 21 heavy (non-hydrogen) atoms. The number of aromatic amines is 1. The number of nitrogens with zero attached hydrogens (tertiary/aromatic N) is 2. The Bertz CT molecular complexity index is 619. The molecule has 0 fully saturated rings. The summed E-state index contributed by atoms with van der Waals surface area (Å²) in [6.45, 7) is 2.48. The first-order chi connectivity index (χ1) is 10.0. The molecule has 2 aromatic rings. The van der Waals surface area contributed by atoms with Gasteiger partial charge in [0.2, 0.25) is 0 Å². The summed E-state index contributed by atoms with van der Waals surface area (Å²) in [7, 11) is 0. The molecule has 0 atom stereocenters. The Morgan fingerprint density at radius 2 is 2.14 bits per heavy atom. The first-order valence-corrected chi connectivity index (χ1v) is 6.92. The zero-order chi connectivity index (χ0) is 14.9. The van der Waals surface area contributed by atoms with Gasteiger partial charge in [0, 0.05) is 37.3 Å². The van der Waals surface area contributed by atoms with Crippen LogP contribution in [0.4, 0.5) is 13.2 Å². The Morgan fingerprint density at radius 3 is 2.95 bits per heavy atom. The van der Waals surface area contributed by atoms with Crippen LogP contribution in [-0.2, 0) is 25.6 Å². The lowest BCUT2D eigenvalue weighted by molar-refractivity contribution is -0.137. The van der Waals surface area contributed by atoms with Crippen LogP contribution in [0.3, 0.4) is 0 Å². The molecule has 1 N–H and O–H groups in total. The Morgan fingerprint density at radius 1 is 1.29 bits per heavy atom.